The van der Waals surface area contributed by atoms with Crippen molar-refractivity contribution in [2.45, 2.75) is 39.2 Å². The summed E-state index contributed by atoms with van der Waals surface area (Å²) < 4.78 is 59.2. The minimum Gasteiger partial charge on any atom is -0.496 e. The van der Waals surface area contributed by atoms with Crippen molar-refractivity contribution in [1.29, 1.82) is 0 Å². The Balaban J connectivity index is 1.88. The van der Waals surface area contributed by atoms with E-state index in [1.165, 1.54) is 24.5 Å². The van der Waals surface area contributed by atoms with E-state index in [2.05, 4.69) is 12.0 Å². The van der Waals surface area contributed by atoms with Gasteiger partial charge >= 0.3 is 0 Å². The molecule has 1 aromatic carbocycles. The summed E-state index contributed by atoms with van der Waals surface area (Å²) in [4.78, 5) is 14.2. The number of hydrogen-bond donors (Lipinski definition) is 0. The molecule has 0 saturated carbocycles. The van der Waals surface area contributed by atoms with Gasteiger partial charge in [-0.1, -0.05) is 37.1 Å². The molecule has 2 heterocycles. The first kappa shape index (κ1) is 25.0. The molecule has 3 aromatic rings. The van der Waals surface area contributed by atoms with Crippen LogP contribution in [-0.2, 0) is 13.0 Å². The number of ketones is 1. The molecule has 2 aromatic heterocycles. The first-order chi connectivity index (χ1) is 15.7. The molecule has 0 fully saturated rings. The number of alkyl halides is 4. The SMILES string of the molecule is CCCc1ccc(C(=O)/C=C/c2ccc(OC)c(Cn3nc(C(F)F)c(Cl)c3C(F)F)c2)s1. The molecule has 176 valence electrons. The van der Waals surface area contributed by atoms with Gasteiger partial charge in [-0.3, -0.25) is 9.48 Å². The molecule has 0 aliphatic carbocycles. The summed E-state index contributed by atoms with van der Waals surface area (Å²) >= 11 is 7.18. The Morgan fingerprint density at radius 3 is 2.61 bits per heavy atom. The second-order valence-electron chi connectivity index (χ2n) is 7.13. The predicted octanol–water partition coefficient (Wildman–Crippen LogP) is 7.38. The van der Waals surface area contributed by atoms with Gasteiger partial charge in [0, 0.05) is 10.4 Å². The number of aryl methyl sites for hydroxylation is 1. The van der Waals surface area contributed by atoms with Crippen molar-refractivity contribution in [2.75, 3.05) is 7.11 Å². The highest BCUT2D eigenvalue weighted by Crippen LogP contribution is 2.35. The van der Waals surface area contributed by atoms with Crippen LogP contribution >= 0.6 is 22.9 Å². The molecule has 0 spiro atoms. The monoisotopic (exact) mass is 500 g/mol. The fourth-order valence-electron chi connectivity index (χ4n) is 3.27. The fraction of sp³-hybridized carbons (Fsp3) is 0.304. The average molecular weight is 501 g/mol. The molecule has 0 saturated heterocycles. The highest BCUT2D eigenvalue weighted by atomic mass is 35.5. The van der Waals surface area contributed by atoms with E-state index in [0.717, 1.165) is 22.4 Å². The van der Waals surface area contributed by atoms with Gasteiger partial charge in [-0.2, -0.15) is 5.10 Å². The number of hydrogen-bond acceptors (Lipinski definition) is 4. The van der Waals surface area contributed by atoms with Gasteiger partial charge < -0.3 is 4.74 Å². The van der Waals surface area contributed by atoms with E-state index in [-0.39, 0.29) is 12.3 Å². The van der Waals surface area contributed by atoms with Crippen LogP contribution in [0.25, 0.3) is 6.08 Å². The number of benzene rings is 1. The van der Waals surface area contributed by atoms with Crippen LogP contribution in [0.4, 0.5) is 17.6 Å². The molecule has 0 aliphatic rings. The first-order valence-electron chi connectivity index (χ1n) is 10.1. The first-order valence-corrected chi connectivity index (χ1v) is 11.2. The molecule has 0 N–H and O–H groups in total. The Labute approximate surface area is 197 Å². The van der Waals surface area contributed by atoms with Crippen molar-refractivity contribution in [3.8, 4) is 5.75 Å². The van der Waals surface area contributed by atoms with Gasteiger partial charge in [0.25, 0.3) is 12.9 Å². The van der Waals surface area contributed by atoms with Gasteiger partial charge in [-0.25, -0.2) is 17.6 Å². The van der Waals surface area contributed by atoms with Crippen LogP contribution in [-0.4, -0.2) is 22.7 Å². The minimum absolute atomic E-state index is 0.153. The molecule has 0 radical (unpaired) electrons. The maximum Gasteiger partial charge on any atom is 0.283 e. The summed E-state index contributed by atoms with van der Waals surface area (Å²) in [7, 11) is 1.40. The van der Waals surface area contributed by atoms with Crippen molar-refractivity contribution in [3.63, 3.8) is 0 Å². The van der Waals surface area contributed by atoms with Crippen molar-refractivity contribution in [3.05, 3.63) is 73.7 Å². The van der Waals surface area contributed by atoms with Gasteiger partial charge in [0.1, 0.15) is 17.1 Å². The molecular weight excluding hydrogens is 480 g/mol. The summed E-state index contributed by atoms with van der Waals surface area (Å²) in [6.07, 6.45) is -1.25. The molecule has 0 atom stereocenters. The lowest BCUT2D eigenvalue weighted by Crippen LogP contribution is -2.08. The van der Waals surface area contributed by atoms with Gasteiger partial charge in [0.05, 0.1) is 23.6 Å². The lowest BCUT2D eigenvalue weighted by atomic mass is 10.1. The summed E-state index contributed by atoms with van der Waals surface area (Å²) in [6.45, 7) is 1.80. The van der Waals surface area contributed by atoms with Gasteiger partial charge in [-0.15, -0.1) is 11.3 Å². The quantitative estimate of drug-likeness (QED) is 0.166. The van der Waals surface area contributed by atoms with E-state index >= 15 is 0 Å². The number of aromatic nitrogens is 2. The Kier molecular flexibility index (Phi) is 8.31. The summed E-state index contributed by atoms with van der Waals surface area (Å²) in [5.74, 6) is 0.200. The molecule has 3 rings (SSSR count). The van der Waals surface area contributed by atoms with Gasteiger partial charge in [0.15, 0.2) is 5.78 Å². The van der Waals surface area contributed by atoms with Crippen LogP contribution in [0.2, 0.25) is 5.02 Å². The third-order valence-corrected chi connectivity index (χ3v) is 6.37. The van der Waals surface area contributed by atoms with E-state index < -0.39 is 29.3 Å². The maximum absolute atomic E-state index is 13.5. The van der Waals surface area contributed by atoms with Crippen molar-refractivity contribution in [2.24, 2.45) is 0 Å². The van der Waals surface area contributed by atoms with Crippen LogP contribution in [0.5, 0.6) is 5.75 Å². The Morgan fingerprint density at radius 1 is 1.21 bits per heavy atom. The zero-order valence-electron chi connectivity index (χ0n) is 17.8. The van der Waals surface area contributed by atoms with Gasteiger partial charge in [-0.05, 0) is 42.3 Å². The Bertz CT molecular complexity index is 1160. The molecule has 0 bridgehead atoms. The zero-order valence-corrected chi connectivity index (χ0v) is 19.4. The smallest absolute Gasteiger partial charge is 0.283 e. The minimum atomic E-state index is -3.09. The lowest BCUT2D eigenvalue weighted by Gasteiger charge is -2.12. The van der Waals surface area contributed by atoms with E-state index in [0.29, 0.717) is 21.8 Å². The molecule has 0 unspecified atom stereocenters. The van der Waals surface area contributed by atoms with E-state index in [4.69, 9.17) is 16.3 Å². The second-order valence-corrected chi connectivity index (χ2v) is 8.67. The zero-order chi connectivity index (χ0) is 24.1. The number of ether oxygens (including phenoxy) is 1. The third kappa shape index (κ3) is 5.83. The van der Waals surface area contributed by atoms with Crippen molar-refractivity contribution >= 4 is 34.8 Å². The number of allylic oxidation sites excluding steroid dienone is 1. The third-order valence-electron chi connectivity index (χ3n) is 4.82. The maximum atomic E-state index is 13.5. The molecule has 4 nitrogen and oxygen atoms in total. The van der Waals surface area contributed by atoms with Crippen molar-refractivity contribution in [1.82, 2.24) is 9.78 Å². The van der Waals surface area contributed by atoms with Crippen LogP contribution in [0.3, 0.4) is 0 Å². The summed E-state index contributed by atoms with van der Waals surface area (Å²) in [6, 6.07) is 8.63. The number of rotatable bonds is 10. The number of nitrogens with zero attached hydrogens (tertiary/aromatic N) is 2. The van der Waals surface area contributed by atoms with Crippen LogP contribution in [0, 0.1) is 0 Å². The summed E-state index contributed by atoms with van der Waals surface area (Å²) in [5, 5.41) is 2.84. The average Bonchev–Trinajstić information content (AvgIpc) is 3.37. The van der Waals surface area contributed by atoms with Crippen LogP contribution < -0.4 is 4.74 Å². The topological polar surface area (TPSA) is 44.1 Å². The highest BCUT2D eigenvalue weighted by Gasteiger charge is 2.28. The molecule has 0 aliphatic heterocycles. The Hall–Kier alpha value is -2.65. The number of methoxy groups -OCH3 is 1. The molecular formula is C23H21ClF4N2O2S. The van der Waals surface area contributed by atoms with Crippen molar-refractivity contribution < 1.29 is 27.1 Å². The number of carbonyl (C=O) groups is 1. The molecule has 33 heavy (non-hydrogen) atoms. The van der Waals surface area contributed by atoms with E-state index in [1.807, 2.05) is 6.07 Å². The van der Waals surface area contributed by atoms with E-state index in [9.17, 15) is 22.4 Å². The largest absolute Gasteiger partial charge is 0.496 e. The Morgan fingerprint density at radius 2 is 1.97 bits per heavy atom. The number of halogens is 5. The normalized spacial score (nSPS) is 11.8. The number of carbonyl (C=O) groups excluding carboxylic acids is 1. The second kappa shape index (κ2) is 11.0. The molecule has 10 heteroatoms. The van der Waals surface area contributed by atoms with E-state index in [1.54, 1.807) is 30.3 Å². The lowest BCUT2D eigenvalue weighted by molar-refractivity contribution is 0.105. The van der Waals surface area contributed by atoms with Crippen LogP contribution in [0.1, 0.15) is 63.3 Å². The molecule has 0 amide bonds. The standard InChI is InChI=1S/C23H21ClF4N2O2S/c1-3-4-15-7-10-18(33-15)16(31)8-5-13-6-9-17(32-2)14(11-13)12-30-21(23(27)28)19(24)20(29-30)22(25)26/h5-11,22-23H,3-4,12H2,1-2H3/b8-5+. The predicted molar refractivity (Wildman–Crippen MR) is 121 cm³/mol. The highest BCUT2D eigenvalue weighted by molar-refractivity contribution is 7.14. The van der Waals surface area contributed by atoms with Gasteiger partial charge in [0.2, 0.25) is 0 Å². The summed E-state index contributed by atoms with van der Waals surface area (Å²) in [5.41, 5.74) is -0.664. The number of thiophene rings is 1. The van der Waals surface area contributed by atoms with Crippen LogP contribution in [0.15, 0.2) is 36.4 Å². The fourth-order valence-corrected chi connectivity index (χ4v) is 4.60.